The topological polar surface area (TPSA) is 117 Å². The summed E-state index contributed by atoms with van der Waals surface area (Å²) < 4.78 is 16.1. The van der Waals surface area contributed by atoms with Gasteiger partial charge >= 0.3 is 11.9 Å². The summed E-state index contributed by atoms with van der Waals surface area (Å²) in [4.78, 5) is 38.9. The van der Waals surface area contributed by atoms with E-state index >= 15 is 0 Å². The first-order valence-corrected chi connectivity index (χ1v) is 8.95. The molecule has 1 spiro atoms. The smallest absolute Gasteiger partial charge is 0.340 e. The lowest BCUT2D eigenvalue weighted by Gasteiger charge is -2.35. The number of benzene rings is 1. The first-order valence-electron chi connectivity index (χ1n) is 8.16. The van der Waals surface area contributed by atoms with Crippen molar-refractivity contribution in [1.29, 1.82) is 0 Å². The van der Waals surface area contributed by atoms with Gasteiger partial charge in [0.15, 0.2) is 0 Å². The van der Waals surface area contributed by atoms with Gasteiger partial charge in [0.05, 0.1) is 7.11 Å². The van der Waals surface area contributed by atoms with E-state index in [-0.39, 0.29) is 29.4 Å². The number of carbonyl (C=O) groups excluding carboxylic acids is 3. The number of ether oxygens (including phenoxy) is 3. The number of carbonyl (C=O) groups is 3. The van der Waals surface area contributed by atoms with Crippen molar-refractivity contribution in [3.8, 4) is 0 Å². The fraction of sp³-hybridized carbons (Fsp3) is 0.211. The standard InChI is InChI=1S/C19H17BrN2O6/c1-4-7-27-17(24)13-9(2)28-15(21)14(16(23)26-3)19(13)11-8-10(20)5-6-12(11)22-18(19)25/h4-6,8H,1,7,21H2,2-3H3,(H,22,25)/t19-/m0/s1. The van der Waals surface area contributed by atoms with Crippen molar-refractivity contribution in [3.63, 3.8) is 0 Å². The van der Waals surface area contributed by atoms with Crippen LogP contribution in [0.3, 0.4) is 0 Å². The third-order valence-corrected chi connectivity index (χ3v) is 5.01. The predicted octanol–water partition coefficient (Wildman–Crippen LogP) is 2.02. The number of halogens is 1. The summed E-state index contributed by atoms with van der Waals surface area (Å²) in [6.45, 7) is 4.88. The Morgan fingerprint density at radius 2 is 2.07 bits per heavy atom. The largest absolute Gasteiger partial charge is 0.465 e. The zero-order chi connectivity index (χ0) is 20.6. The second-order valence-electron chi connectivity index (χ2n) is 6.05. The van der Waals surface area contributed by atoms with Crippen LogP contribution in [-0.2, 0) is 34.0 Å². The van der Waals surface area contributed by atoms with Crippen LogP contribution in [0.5, 0.6) is 0 Å². The third kappa shape index (κ3) is 2.70. The molecule has 0 saturated carbocycles. The summed E-state index contributed by atoms with van der Waals surface area (Å²) in [6.07, 6.45) is 1.38. The molecule has 2 heterocycles. The van der Waals surface area contributed by atoms with Gasteiger partial charge < -0.3 is 25.3 Å². The van der Waals surface area contributed by atoms with Crippen molar-refractivity contribution in [2.45, 2.75) is 12.3 Å². The van der Waals surface area contributed by atoms with Gasteiger partial charge in [0, 0.05) is 15.7 Å². The highest BCUT2D eigenvalue weighted by atomic mass is 79.9. The highest BCUT2D eigenvalue weighted by Gasteiger charge is 2.61. The molecule has 1 amide bonds. The summed E-state index contributed by atoms with van der Waals surface area (Å²) >= 11 is 3.36. The van der Waals surface area contributed by atoms with E-state index in [1.807, 2.05) is 0 Å². The molecule has 0 saturated heterocycles. The molecule has 1 aromatic rings. The Kier molecular flexibility index (Phi) is 5.03. The van der Waals surface area contributed by atoms with Crippen molar-refractivity contribution in [2.75, 3.05) is 19.0 Å². The Bertz CT molecular complexity index is 981. The molecular formula is C19H17BrN2O6. The fourth-order valence-corrected chi connectivity index (χ4v) is 3.83. The maximum atomic E-state index is 13.3. The van der Waals surface area contributed by atoms with E-state index in [1.165, 1.54) is 13.0 Å². The lowest BCUT2D eigenvalue weighted by atomic mass is 9.67. The Balaban J connectivity index is 2.39. The molecule has 0 fully saturated rings. The van der Waals surface area contributed by atoms with Gasteiger partial charge in [-0.2, -0.15) is 0 Å². The van der Waals surface area contributed by atoms with Gasteiger partial charge in [-0.3, -0.25) is 4.79 Å². The van der Waals surface area contributed by atoms with Gasteiger partial charge in [-0.05, 0) is 25.1 Å². The zero-order valence-electron chi connectivity index (χ0n) is 15.1. The quantitative estimate of drug-likeness (QED) is 0.534. The number of amides is 1. The number of rotatable bonds is 4. The molecule has 2 aliphatic heterocycles. The molecule has 0 radical (unpaired) electrons. The van der Waals surface area contributed by atoms with Crippen molar-refractivity contribution in [1.82, 2.24) is 0 Å². The molecule has 1 aromatic carbocycles. The van der Waals surface area contributed by atoms with Crippen LogP contribution in [0.25, 0.3) is 0 Å². The second-order valence-corrected chi connectivity index (χ2v) is 6.96. The molecular weight excluding hydrogens is 432 g/mol. The van der Waals surface area contributed by atoms with E-state index in [2.05, 4.69) is 27.8 Å². The van der Waals surface area contributed by atoms with Crippen LogP contribution in [0, 0.1) is 0 Å². The molecule has 1 atom stereocenters. The molecule has 0 aliphatic carbocycles. The first-order chi connectivity index (χ1) is 13.3. The minimum Gasteiger partial charge on any atom is -0.465 e. The highest BCUT2D eigenvalue weighted by Crippen LogP contribution is 2.52. The molecule has 28 heavy (non-hydrogen) atoms. The number of anilines is 1. The number of nitrogens with two attached hydrogens (primary N) is 1. The predicted molar refractivity (Wildman–Crippen MR) is 103 cm³/mol. The van der Waals surface area contributed by atoms with Gasteiger partial charge in [0.2, 0.25) is 11.8 Å². The minimum atomic E-state index is -1.88. The van der Waals surface area contributed by atoms with Crippen molar-refractivity contribution in [3.05, 3.63) is 63.7 Å². The van der Waals surface area contributed by atoms with E-state index in [0.29, 0.717) is 15.7 Å². The SMILES string of the molecule is C=CCOC(=O)C1=C(C)OC(N)=C(C(=O)OC)[C@@]12C(=O)Nc1ccc(Br)cc12. The fourth-order valence-electron chi connectivity index (χ4n) is 3.47. The second kappa shape index (κ2) is 7.16. The van der Waals surface area contributed by atoms with Crippen LogP contribution in [-0.4, -0.2) is 31.6 Å². The van der Waals surface area contributed by atoms with Crippen LogP contribution in [0.4, 0.5) is 5.69 Å². The Labute approximate surface area is 169 Å². The maximum absolute atomic E-state index is 13.3. The average molecular weight is 449 g/mol. The van der Waals surface area contributed by atoms with Crippen LogP contribution >= 0.6 is 15.9 Å². The summed E-state index contributed by atoms with van der Waals surface area (Å²) in [5.74, 6) is -2.66. The van der Waals surface area contributed by atoms with Crippen molar-refractivity contribution >= 4 is 39.5 Å². The molecule has 9 heteroatoms. The molecule has 8 nitrogen and oxygen atoms in total. The number of hydrogen-bond acceptors (Lipinski definition) is 7. The number of allylic oxidation sites excluding steroid dienone is 1. The Morgan fingerprint density at radius 1 is 1.36 bits per heavy atom. The average Bonchev–Trinajstić information content (AvgIpc) is 2.91. The van der Waals surface area contributed by atoms with Gasteiger partial charge in [-0.1, -0.05) is 28.6 Å². The van der Waals surface area contributed by atoms with Gasteiger partial charge in [-0.25, -0.2) is 9.59 Å². The van der Waals surface area contributed by atoms with E-state index < -0.39 is 23.3 Å². The van der Waals surface area contributed by atoms with Crippen molar-refractivity contribution < 1.29 is 28.6 Å². The van der Waals surface area contributed by atoms with E-state index in [0.717, 1.165) is 7.11 Å². The summed E-state index contributed by atoms with van der Waals surface area (Å²) in [6, 6.07) is 4.99. The number of esters is 2. The van der Waals surface area contributed by atoms with Crippen molar-refractivity contribution in [2.24, 2.45) is 5.73 Å². The molecule has 0 bridgehead atoms. The molecule has 3 N–H and O–H groups in total. The molecule has 3 rings (SSSR count). The number of methoxy groups -OCH3 is 1. The van der Waals surface area contributed by atoms with Gasteiger partial charge in [0.25, 0.3) is 0 Å². The van der Waals surface area contributed by atoms with Crippen LogP contribution in [0.2, 0.25) is 0 Å². The Hall–Kier alpha value is -3.07. The number of nitrogens with one attached hydrogen (secondary N) is 1. The summed E-state index contributed by atoms with van der Waals surface area (Å²) in [5.41, 5.74) is 4.43. The highest BCUT2D eigenvalue weighted by molar-refractivity contribution is 9.10. The molecule has 2 aliphatic rings. The zero-order valence-corrected chi connectivity index (χ0v) is 16.7. The minimum absolute atomic E-state index is 0.0437. The Morgan fingerprint density at radius 3 is 2.71 bits per heavy atom. The van der Waals surface area contributed by atoms with E-state index in [4.69, 9.17) is 19.9 Å². The van der Waals surface area contributed by atoms with Gasteiger partial charge in [-0.15, -0.1) is 0 Å². The lowest BCUT2D eigenvalue weighted by molar-refractivity contribution is -0.141. The maximum Gasteiger partial charge on any atom is 0.340 e. The third-order valence-electron chi connectivity index (χ3n) is 4.51. The van der Waals surface area contributed by atoms with Crippen LogP contribution < -0.4 is 11.1 Å². The van der Waals surface area contributed by atoms with E-state index in [9.17, 15) is 14.4 Å². The lowest BCUT2D eigenvalue weighted by Crippen LogP contribution is -2.48. The number of fused-ring (bicyclic) bond motifs is 2. The molecule has 146 valence electrons. The molecule has 0 aromatic heterocycles. The van der Waals surface area contributed by atoms with E-state index in [1.54, 1.807) is 18.2 Å². The van der Waals surface area contributed by atoms with Crippen LogP contribution in [0.1, 0.15) is 12.5 Å². The summed E-state index contributed by atoms with van der Waals surface area (Å²) in [5, 5.41) is 2.70. The van der Waals surface area contributed by atoms with Crippen LogP contribution in [0.15, 0.2) is 58.1 Å². The first kappa shape index (κ1) is 19.7. The normalized spacial score (nSPS) is 20.5. The monoisotopic (exact) mass is 448 g/mol. The number of hydrogen-bond donors (Lipinski definition) is 2. The summed E-state index contributed by atoms with van der Waals surface area (Å²) in [7, 11) is 1.14. The van der Waals surface area contributed by atoms with Gasteiger partial charge in [0.1, 0.15) is 28.9 Å². The molecule has 0 unspecified atom stereocenters.